The van der Waals surface area contributed by atoms with Gasteiger partial charge in [0.1, 0.15) is 24.0 Å². The first-order chi connectivity index (χ1) is 10.5. The summed E-state index contributed by atoms with van der Waals surface area (Å²) in [5.74, 6) is -0.569. The first-order valence-corrected chi connectivity index (χ1v) is 6.80. The number of urea groups is 1. The molecule has 2 N–H and O–H groups in total. The van der Waals surface area contributed by atoms with Crippen LogP contribution < -0.4 is 15.4 Å². The minimum atomic E-state index is -0.559. The Labute approximate surface area is 131 Å². The van der Waals surface area contributed by atoms with Crippen molar-refractivity contribution in [2.75, 3.05) is 18.5 Å². The molecular formula is C15H13ClF2N2O2. The normalized spacial score (nSPS) is 10.1. The maximum absolute atomic E-state index is 13.0. The van der Waals surface area contributed by atoms with E-state index in [1.807, 2.05) is 0 Å². The van der Waals surface area contributed by atoms with Crippen molar-refractivity contribution in [1.82, 2.24) is 5.32 Å². The number of amides is 2. The Kier molecular flexibility index (Phi) is 5.55. The van der Waals surface area contributed by atoms with E-state index in [0.717, 1.165) is 6.07 Å². The molecule has 0 saturated heterocycles. The van der Waals surface area contributed by atoms with Crippen molar-refractivity contribution in [2.24, 2.45) is 0 Å². The molecular weight excluding hydrogens is 314 g/mol. The number of benzene rings is 2. The van der Waals surface area contributed by atoms with Crippen LogP contribution in [0.25, 0.3) is 0 Å². The van der Waals surface area contributed by atoms with Crippen molar-refractivity contribution in [3.8, 4) is 5.75 Å². The Hall–Kier alpha value is -2.34. The zero-order valence-corrected chi connectivity index (χ0v) is 12.2. The summed E-state index contributed by atoms with van der Waals surface area (Å²) < 4.78 is 31.2. The Morgan fingerprint density at radius 2 is 2.00 bits per heavy atom. The van der Waals surface area contributed by atoms with E-state index in [1.165, 1.54) is 30.3 Å². The molecule has 0 heterocycles. The maximum atomic E-state index is 13.0. The Morgan fingerprint density at radius 1 is 1.18 bits per heavy atom. The third kappa shape index (κ3) is 4.89. The van der Waals surface area contributed by atoms with Crippen molar-refractivity contribution in [3.63, 3.8) is 0 Å². The highest BCUT2D eigenvalue weighted by Crippen LogP contribution is 2.19. The molecule has 0 fully saturated rings. The number of halogens is 3. The second kappa shape index (κ2) is 7.61. The third-order valence-corrected chi connectivity index (χ3v) is 2.92. The molecule has 0 aliphatic heterocycles. The molecule has 2 aromatic carbocycles. The number of anilines is 1. The fourth-order valence-electron chi connectivity index (χ4n) is 1.64. The minimum absolute atomic E-state index is 0.0766. The van der Waals surface area contributed by atoms with Gasteiger partial charge < -0.3 is 15.4 Å². The molecule has 0 bridgehead atoms. The van der Waals surface area contributed by atoms with Crippen molar-refractivity contribution in [2.45, 2.75) is 0 Å². The third-order valence-electron chi connectivity index (χ3n) is 2.63. The van der Waals surface area contributed by atoms with Crippen molar-refractivity contribution in [1.29, 1.82) is 0 Å². The van der Waals surface area contributed by atoms with Gasteiger partial charge in [-0.05, 0) is 30.3 Å². The number of hydrogen-bond acceptors (Lipinski definition) is 2. The van der Waals surface area contributed by atoms with E-state index in [9.17, 15) is 13.6 Å². The van der Waals surface area contributed by atoms with Crippen LogP contribution in [0.1, 0.15) is 0 Å². The molecule has 0 saturated carbocycles. The van der Waals surface area contributed by atoms with E-state index in [-0.39, 0.29) is 18.2 Å². The van der Waals surface area contributed by atoms with Gasteiger partial charge in [-0.3, -0.25) is 0 Å². The average molecular weight is 327 g/mol. The summed E-state index contributed by atoms with van der Waals surface area (Å²) in [4.78, 5) is 11.6. The Balaban J connectivity index is 1.72. The van der Waals surface area contributed by atoms with Gasteiger partial charge >= 0.3 is 6.03 Å². The molecule has 2 rings (SSSR count). The van der Waals surface area contributed by atoms with Crippen LogP contribution in [0.5, 0.6) is 5.75 Å². The van der Waals surface area contributed by atoms with Gasteiger partial charge in [0, 0.05) is 11.8 Å². The van der Waals surface area contributed by atoms with Crippen molar-refractivity contribution >= 4 is 23.3 Å². The largest absolute Gasteiger partial charge is 0.492 e. The molecule has 0 aromatic heterocycles. The van der Waals surface area contributed by atoms with Crippen molar-refractivity contribution < 1.29 is 18.3 Å². The van der Waals surface area contributed by atoms with Gasteiger partial charge in [-0.1, -0.05) is 17.7 Å². The van der Waals surface area contributed by atoms with Crippen LogP contribution >= 0.6 is 11.6 Å². The Morgan fingerprint density at radius 3 is 2.73 bits per heavy atom. The maximum Gasteiger partial charge on any atom is 0.319 e. The number of nitrogens with one attached hydrogen (secondary N) is 2. The van der Waals surface area contributed by atoms with Gasteiger partial charge in [0.2, 0.25) is 0 Å². The molecule has 22 heavy (non-hydrogen) atoms. The van der Waals surface area contributed by atoms with Gasteiger partial charge in [-0.2, -0.15) is 0 Å². The summed E-state index contributed by atoms with van der Waals surface area (Å²) in [7, 11) is 0. The predicted molar refractivity (Wildman–Crippen MR) is 80.3 cm³/mol. The smallest absolute Gasteiger partial charge is 0.319 e. The highest BCUT2D eigenvalue weighted by atomic mass is 35.5. The Bertz CT molecular complexity index is 668. The van der Waals surface area contributed by atoms with Gasteiger partial charge in [0.05, 0.1) is 11.6 Å². The van der Waals surface area contributed by atoms with E-state index in [1.54, 1.807) is 6.07 Å². The highest BCUT2D eigenvalue weighted by molar-refractivity contribution is 6.31. The van der Waals surface area contributed by atoms with Crippen LogP contribution in [-0.4, -0.2) is 19.2 Å². The monoisotopic (exact) mass is 326 g/mol. The molecule has 0 spiro atoms. The van der Waals surface area contributed by atoms with Gasteiger partial charge in [-0.25, -0.2) is 13.6 Å². The lowest BCUT2D eigenvalue weighted by Crippen LogP contribution is -2.32. The molecule has 7 heteroatoms. The van der Waals surface area contributed by atoms with Crippen LogP contribution in [0.15, 0.2) is 42.5 Å². The van der Waals surface area contributed by atoms with E-state index >= 15 is 0 Å². The van der Waals surface area contributed by atoms with Crippen LogP contribution in [0.4, 0.5) is 19.3 Å². The summed E-state index contributed by atoms with van der Waals surface area (Å²) in [6, 6.07) is 9.08. The van der Waals surface area contributed by atoms with E-state index in [0.29, 0.717) is 11.4 Å². The molecule has 0 atom stereocenters. The molecule has 0 aliphatic carbocycles. The summed E-state index contributed by atoms with van der Waals surface area (Å²) in [5, 5.41) is 4.97. The molecule has 2 amide bonds. The van der Waals surface area contributed by atoms with Crippen molar-refractivity contribution in [3.05, 3.63) is 59.1 Å². The van der Waals surface area contributed by atoms with Crippen LogP contribution in [-0.2, 0) is 0 Å². The van der Waals surface area contributed by atoms with Crippen LogP contribution in [0, 0.1) is 11.6 Å². The molecule has 0 unspecified atom stereocenters. The fourth-order valence-corrected chi connectivity index (χ4v) is 1.82. The number of carbonyl (C=O) groups is 1. The van der Waals surface area contributed by atoms with E-state index in [4.69, 9.17) is 16.3 Å². The van der Waals surface area contributed by atoms with E-state index in [2.05, 4.69) is 10.6 Å². The second-order valence-electron chi connectivity index (χ2n) is 4.32. The number of hydrogen-bond donors (Lipinski definition) is 2. The number of ether oxygens (including phenoxy) is 1. The van der Waals surface area contributed by atoms with Gasteiger partial charge in [0.25, 0.3) is 0 Å². The standard InChI is InChI=1S/C15H13ClF2N2O2/c16-13-9-11(4-5-14(13)18)20-15(21)19-6-7-22-12-3-1-2-10(17)8-12/h1-5,8-9H,6-7H2,(H2,19,20,21). The SMILES string of the molecule is O=C(NCCOc1cccc(F)c1)Nc1ccc(F)c(Cl)c1. The van der Waals surface area contributed by atoms with Gasteiger partial charge in [-0.15, -0.1) is 0 Å². The molecule has 0 aliphatic rings. The molecule has 0 radical (unpaired) electrons. The lowest BCUT2D eigenvalue weighted by atomic mass is 10.3. The minimum Gasteiger partial charge on any atom is -0.492 e. The zero-order chi connectivity index (χ0) is 15.9. The average Bonchev–Trinajstić information content (AvgIpc) is 2.48. The lowest BCUT2D eigenvalue weighted by Gasteiger charge is -2.09. The summed E-state index contributed by atoms with van der Waals surface area (Å²) in [6.45, 7) is 0.401. The van der Waals surface area contributed by atoms with E-state index < -0.39 is 17.7 Å². The van der Waals surface area contributed by atoms with Crippen LogP contribution in [0.2, 0.25) is 5.02 Å². The molecule has 2 aromatic rings. The fraction of sp³-hybridized carbons (Fsp3) is 0.133. The molecule has 116 valence electrons. The zero-order valence-electron chi connectivity index (χ0n) is 11.4. The topological polar surface area (TPSA) is 50.4 Å². The first-order valence-electron chi connectivity index (χ1n) is 6.43. The first kappa shape index (κ1) is 16.0. The predicted octanol–water partition coefficient (Wildman–Crippen LogP) is 3.82. The van der Waals surface area contributed by atoms with Gasteiger partial charge in [0.15, 0.2) is 0 Å². The second-order valence-corrected chi connectivity index (χ2v) is 4.72. The number of carbonyl (C=O) groups excluding carboxylic acids is 1. The summed E-state index contributed by atoms with van der Waals surface area (Å²) >= 11 is 5.61. The number of rotatable bonds is 5. The quantitative estimate of drug-likeness (QED) is 0.821. The summed E-state index contributed by atoms with van der Waals surface area (Å²) in [6.07, 6.45) is 0. The summed E-state index contributed by atoms with van der Waals surface area (Å²) in [5.41, 5.74) is 0.370. The van der Waals surface area contributed by atoms with Crippen LogP contribution in [0.3, 0.4) is 0 Å². The lowest BCUT2D eigenvalue weighted by molar-refractivity contribution is 0.247. The molecule has 4 nitrogen and oxygen atoms in total. The highest BCUT2D eigenvalue weighted by Gasteiger charge is 2.04.